The Labute approximate surface area is 205 Å². The summed E-state index contributed by atoms with van der Waals surface area (Å²) >= 11 is 0. The quantitative estimate of drug-likeness (QED) is 0.510. The normalized spacial score (nSPS) is 16.7. The van der Waals surface area contributed by atoms with Crippen LogP contribution >= 0.6 is 0 Å². The van der Waals surface area contributed by atoms with E-state index in [0.29, 0.717) is 18.0 Å². The van der Waals surface area contributed by atoms with Gasteiger partial charge in [-0.1, -0.05) is 30.3 Å². The number of rotatable bonds is 6. The predicted molar refractivity (Wildman–Crippen MR) is 135 cm³/mol. The second-order valence-corrected chi connectivity index (χ2v) is 8.67. The van der Waals surface area contributed by atoms with E-state index in [2.05, 4.69) is 22.4 Å². The average Bonchev–Trinajstić information content (AvgIpc) is 2.84. The van der Waals surface area contributed by atoms with E-state index in [1.807, 2.05) is 48.2 Å². The Bertz CT molecular complexity index is 1260. The summed E-state index contributed by atoms with van der Waals surface area (Å²) in [5.74, 6) is 0.444. The van der Waals surface area contributed by atoms with Crippen LogP contribution in [0.25, 0.3) is 11.1 Å². The second kappa shape index (κ2) is 10.4. The molecule has 0 saturated heterocycles. The maximum atomic E-state index is 12.5. The van der Waals surface area contributed by atoms with Gasteiger partial charge in [-0.3, -0.25) is 9.59 Å². The van der Waals surface area contributed by atoms with Crippen LogP contribution in [-0.4, -0.2) is 29.5 Å². The molecule has 2 aromatic carbocycles. The number of nitriles is 1. The molecule has 0 saturated carbocycles. The molecule has 4 rings (SSSR count). The first-order chi connectivity index (χ1) is 16.9. The third-order valence-corrected chi connectivity index (χ3v) is 6.18. The highest BCUT2D eigenvalue weighted by Gasteiger charge is 2.32. The van der Waals surface area contributed by atoms with E-state index >= 15 is 0 Å². The van der Waals surface area contributed by atoms with E-state index in [1.54, 1.807) is 32.2 Å². The third-order valence-electron chi connectivity index (χ3n) is 6.18. The monoisotopic (exact) mass is 468 g/mol. The van der Waals surface area contributed by atoms with Crippen molar-refractivity contribution in [1.29, 1.82) is 5.26 Å². The fourth-order valence-electron chi connectivity index (χ4n) is 4.58. The van der Waals surface area contributed by atoms with Crippen LogP contribution in [0.1, 0.15) is 49.9 Å². The Balaban J connectivity index is 1.66. The van der Waals surface area contributed by atoms with Crippen LogP contribution in [0.3, 0.4) is 0 Å². The lowest BCUT2D eigenvalue weighted by Crippen LogP contribution is -2.43. The minimum absolute atomic E-state index is 0.00441. The molecule has 1 aromatic heterocycles. The number of hydrogen-bond acceptors (Lipinski definition) is 6. The van der Waals surface area contributed by atoms with Crippen LogP contribution in [-0.2, 0) is 20.7 Å². The van der Waals surface area contributed by atoms with Gasteiger partial charge in [-0.2, -0.15) is 5.26 Å². The zero-order valence-corrected chi connectivity index (χ0v) is 20.1. The second-order valence-electron chi connectivity index (χ2n) is 8.67. The van der Waals surface area contributed by atoms with Crippen molar-refractivity contribution in [2.45, 2.75) is 45.7 Å². The molecule has 178 valence electrons. The minimum atomic E-state index is -0.238. The summed E-state index contributed by atoms with van der Waals surface area (Å²) < 4.78 is 5.04. The molecular formula is C28H28N4O3. The number of aromatic nitrogens is 1. The van der Waals surface area contributed by atoms with E-state index in [1.165, 1.54) is 0 Å². The Hall–Kier alpha value is -4.18. The molecule has 1 aliphatic heterocycles. The number of carbonyl (C=O) groups excluding carboxylic acids is 2. The SMILES string of the molecule is CCOC(=O)Cc1ccc(-c2ccc3c(c2)C(Nc2ccc(C#N)cn2)CC(C)N3C(C)=O)cc1. The van der Waals surface area contributed by atoms with E-state index < -0.39 is 0 Å². The molecule has 35 heavy (non-hydrogen) atoms. The number of ether oxygens (including phenoxy) is 1. The molecule has 7 heteroatoms. The molecule has 3 aromatic rings. The van der Waals surface area contributed by atoms with Gasteiger partial charge in [0.15, 0.2) is 0 Å². The molecule has 2 unspecified atom stereocenters. The van der Waals surface area contributed by atoms with Crippen molar-refractivity contribution < 1.29 is 14.3 Å². The zero-order valence-electron chi connectivity index (χ0n) is 20.1. The van der Waals surface area contributed by atoms with Crippen LogP contribution in [0.15, 0.2) is 60.8 Å². The number of fused-ring (bicyclic) bond motifs is 1. The van der Waals surface area contributed by atoms with Gasteiger partial charge in [-0.25, -0.2) is 4.98 Å². The number of anilines is 2. The van der Waals surface area contributed by atoms with Gasteiger partial charge in [0.2, 0.25) is 5.91 Å². The first-order valence-corrected chi connectivity index (χ1v) is 11.7. The number of carbonyl (C=O) groups is 2. The summed E-state index contributed by atoms with van der Waals surface area (Å²) in [6.45, 7) is 5.80. The van der Waals surface area contributed by atoms with E-state index in [9.17, 15) is 9.59 Å². The van der Waals surface area contributed by atoms with Crippen LogP contribution in [0, 0.1) is 11.3 Å². The van der Waals surface area contributed by atoms with Gasteiger partial charge < -0.3 is 15.0 Å². The Morgan fingerprint density at radius 1 is 1.14 bits per heavy atom. The highest BCUT2D eigenvalue weighted by Crippen LogP contribution is 2.41. The summed E-state index contributed by atoms with van der Waals surface area (Å²) in [6, 6.07) is 19.6. The molecule has 7 nitrogen and oxygen atoms in total. The van der Waals surface area contributed by atoms with Crippen molar-refractivity contribution >= 4 is 23.4 Å². The van der Waals surface area contributed by atoms with Crippen molar-refractivity contribution in [2.75, 3.05) is 16.8 Å². The predicted octanol–water partition coefficient (Wildman–Crippen LogP) is 5.02. The fraction of sp³-hybridized carbons (Fsp3) is 0.286. The zero-order chi connectivity index (χ0) is 24.9. The molecule has 1 N–H and O–H groups in total. The van der Waals surface area contributed by atoms with Gasteiger partial charge in [0, 0.05) is 24.8 Å². The van der Waals surface area contributed by atoms with E-state index in [0.717, 1.165) is 34.4 Å². The number of amides is 1. The fourth-order valence-corrected chi connectivity index (χ4v) is 4.58. The summed E-state index contributed by atoms with van der Waals surface area (Å²) in [5.41, 5.74) is 5.33. The smallest absolute Gasteiger partial charge is 0.310 e. The largest absolute Gasteiger partial charge is 0.466 e. The Morgan fingerprint density at radius 2 is 1.89 bits per heavy atom. The molecule has 2 heterocycles. The maximum Gasteiger partial charge on any atom is 0.310 e. The lowest BCUT2D eigenvalue weighted by Gasteiger charge is -2.39. The standard InChI is InChI=1S/C28H28N4O3/c1-4-35-28(34)14-20-5-8-22(9-6-20)23-10-11-26-24(15-23)25(13-18(2)32(26)19(3)33)31-27-12-7-21(16-29)17-30-27/h5-12,15,17-18,25H,4,13-14H2,1-3H3,(H,30,31). The van der Waals surface area contributed by atoms with Gasteiger partial charge in [0.1, 0.15) is 11.9 Å². The number of benzene rings is 2. The molecule has 0 radical (unpaired) electrons. The van der Waals surface area contributed by atoms with Gasteiger partial charge in [0.25, 0.3) is 0 Å². The number of pyridine rings is 1. The van der Waals surface area contributed by atoms with Crippen molar-refractivity contribution in [3.05, 3.63) is 77.5 Å². The highest BCUT2D eigenvalue weighted by atomic mass is 16.5. The Kier molecular flexibility index (Phi) is 7.11. The van der Waals surface area contributed by atoms with Gasteiger partial charge >= 0.3 is 5.97 Å². The van der Waals surface area contributed by atoms with Crippen LogP contribution in [0.5, 0.6) is 0 Å². The van der Waals surface area contributed by atoms with Crippen molar-refractivity contribution in [3.8, 4) is 17.2 Å². The number of esters is 1. The third kappa shape index (κ3) is 5.33. The molecule has 0 fully saturated rings. The lowest BCUT2D eigenvalue weighted by atomic mass is 9.89. The van der Waals surface area contributed by atoms with E-state index in [-0.39, 0.29) is 30.4 Å². The number of nitrogens with zero attached hydrogens (tertiary/aromatic N) is 3. The van der Waals surface area contributed by atoms with Crippen LogP contribution in [0.4, 0.5) is 11.5 Å². The first-order valence-electron chi connectivity index (χ1n) is 11.7. The maximum absolute atomic E-state index is 12.5. The summed E-state index contributed by atoms with van der Waals surface area (Å²) in [6.07, 6.45) is 2.51. The van der Waals surface area contributed by atoms with Crippen molar-refractivity contribution in [1.82, 2.24) is 4.98 Å². The summed E-state index contributed by atoms with van der Waals surface area (Å²) in [5, 5.41) is 12.5. The topological polar surface area (TPSA) is 95.3 Å². The molecule has 0 spiro atoms. The minimum Gasteiger partial charge on any atom is -0.466 e. The molecule has 2 atom stereocenters. The average molecular weight is 469 g/mol. The summed E-state index contributed by atoms with van der Waals surface area (Å²) in [4.78, 5) is 30.4. The van der Waals surface area contributed by atoms with Crippen molar-refractivity contribution in [3.63, 3.8) is 0 Å². The molecule has 0 aliphatic carbocycles. The van der Waals surface area contributed by atoms with E-state index in [4.69, 9.17) is 10.00 Å². The highest BCUT2D eigenvalue weighted by molar-refractivity contribution is 5.94. The van der Waals surface area contributed by atoms with Gasteiger partial charge in [-0.05, 0) is 66.8 Å². The first kappa shape index (κ1) is 24.0. The molecule has 1 amide bonds. The number of nitrogens with one attached hydrogen (secondary N) is 1. The molecule has 0 bridgehead atoms. The van der Waals surface area contributed by atoms with Gasteiger partial charge in [0.05, 0.1) is 24.6 Å². The molecule has 1 aliphatic rings. The van der Waals surface area contributed by atoms with Crippen LogP contribution in [0.2, 0.25) is 0 Å². The molecular weight excluding hydrogens is 440 g/mol. The Morgan fingerprint density at radius 3 is 2.51 bits per heavy atom. The van der Waals surface area contributed by atoms with Gasteiger partial charge in [-0.15, -0.1) is 0 Å². The summed E-state index contributed by atoms with van der Waals surface area (Å²) in [7, 11) is 0. The number of hydrogen-bond donors (Lipinski definition) is 1. The van der Waals surface area contributed by atoms with Crippen molar-refractivity contribution in [2.24, 2.45) is 0 Å². The van der Waals surface area contributed by atoms with Crippen LogP contribution < -0.4 is 10.2 Å². The lowest BCUT2D eigenvalue weighted by molar-refractivity contribution is -0.142.